The van der Waals surface area contributed by atoms with Gasteiger partial charge >= 0.3 is 0 Å². The molecule has 1 aromatic carbocycles. The minimum Gasteiger partial charge on any atom is -0.365 e. The van der Waals surface area contributed by atoms with Crippen LogP contribution in [0.3, 0.4) is 0 Å². The van der Waals surface area contributed by atoms with E-state index >= 15 is 0 Å². The predicted molar refractivity (Wildman–Crippen MR) is 78.8 cm³/mol. The van der Waals surface area contributed by atoms with Crippen LogP contribution in [0.4, 0.5) is 11.4 Å². The number of nitrogens with two attached hydrogens (primary N) is 1. The quantitative estimate of drug-likeness (QED) is 0.614. The minimum absolute atomic E-state index is 0.137. The zero-order chi connectivity index (χ0) is 15.6. The summed E-state index contributed by atoms with van der Waals surface area (Å²) in [6.45, 7) is 1.68. The monoisotopic (exact) mass is 314 g/mol. The first kappa shape index (κ1) is 15.7. The third kappa shape index (κ3) is 3.49. The Kier molecular flexibility index (Phi) is 4.45. The number of piperidine rings is 1. The van der Waals surface area contributed by atoms with Gasteiger partial charge in [0.2, 0.25) is 10.0 Å². The van der Waals surface area contributed by atoms with Crippen LogP contribution < -0.4 is 15.4 Å². The number of nitro benzene ring substituents is 1. The number of hydrogen-bond acceptors (Lipinski definition) is 6. The maximum atomic E-state index is 11.3. The van der Waals surface area contributed by atoms with Crippen molar-refractivity contribution < 1.29 is 13.3 Å². The van der Waals surface area contributed by atoms with Crippen LogP contribution in [0.25, 0.3) is 0 Å². The number of likely N-dealkylation sites (N-methyl/N-ethyl adjacent to an activating group) is 1. The van der Waals surface area contributed by atoms with Crippen LogP contribution in [0.1, 0.15) is 12.8 Å². The van der Waals surface area contributed by atoms with Crippen LogP contribution in [0, 0.1) is 10.1 Å². The predicted octanol–water partition coefficient (Wildman–Crippen LogP) is 0.430. The number of hydrogen-bond donors (Lipinski definition) is 2. The molecular weight excluding hydrogens is 296 g/mol. The standard InChI is InChI=1S/C12H18N4O4S/c1-15(9-3-2-6-14-8-9)11-5-4-10(21(13,19)20)7-12(11)16(17)18/h4-5,7,9,14H,2-3,6,8H2,1H3,(H2,13,19,20). The number of sulfonamides is 1. The lowest BCUT2D eigenvalue weighted by molar-refractivity contribution is -0.384. The molecule has 1 aliphatic heterocycles. The zero-order valence-electron chi connectivity index (χ0n) is 11.7. The molecule has 1 heterocycles. The molecule has 2 rings (SSSR count). The van der Waals surface area contributed by atoms with Crippen LogP contribution in [-0.4, -0.2) is 39.5 Å². The summed E-state index contributed by atoms with van der Waals surface area (Å²) < 4.78 is 22.6. The van der Waals surface area contributed by atoms with Gasteiger partial charge in [-0.2, -0.15) is 0 Å². The summed E-state index contributed by atoms with van der Waals surface area (Å²) in [5.74, 6) is 0. The number of primary sulfonamides is 1. The topological polar surface area (TPSA) is 119 Å². The van der Waals surface area contributed by atoms with Gasteiger partial charge in [0.1, 0.15) is 5.69 Å². The third-order valence-corrected chi connectivity index (χ3v) is 4.58. The van der Waals surface area contributed by atoms with E-state index in [2.05, 4.69) is 5.32 Å². The molecule has 1 fully saturated rings. The average molecular weight is 314 g/mol. The molecule has 0 amide bonds. The normalized spacial score (nSPS) is 19.2. The summed E-state index contributed by atoms with van der Waals surface area (Å²) in [4.78, 5) is 12.2. The molecule has 0 aromatic heterocycles. The van der Waals surface area contributed by atoms with Crippen molar-refractivity contribution in [3.8, 4) is 0 Å². The fraction of sp³-hybridized carbons (Fsp3) is 0.500. The molecule has 0 bridgehead atoms. The van der Waals surface area contributed by atoms with Crippen molar-refractivity contribution in [2.45, 2.75) is 23.8 Å². The maximum absolute atomic E-state index is 11.3. The highest BCUT2D eigenvalue weighted by Gasteiger charge is 2.26. The van der Waals surface area contributed by atoms with Crippen molar-refractivity contribution in [3.63, 3.8) is 0 Å². The van der Waals surface area contributed by atoms with Crippen molar-refractivity contribution in [1.29, 1.82) is 0 Å². The molecular formula is C12H18N4O4S. The van der Waals surface area contributed by atoms with Crippen LogP contribution in [0.5, 0.6) is 0 Å². The van der Waals surface area contributed by atoms with E-state index in [0.717, 1.165) is 32.0 Å². The smallest absolute Gasteiger partial charge is 0.293 e. The van der Waals surface area contributed by atoms with E-state index in [1.165, 1.54) is 12.1 Å². The van der Waals surface area contributed by atoms with Crippen molar-refractivity contribution in [2.24, 2.45) is 5.14 Å². The van der Waals surface area contributed by atoms with Crippen molar-refractivity contribution in [1.82, 2.24) is 5.32 Å². The summed E-state index contributed by atoms with van der Waals surface area (Å²) in [5.41, 5.74) is 0.135. The van der Waals surface area contributed by atoms with E-state index in [0.29, 0.717) is 5.69 Å². The van der Waals surface area contributed by atoms with Gasteiger partial charge < -0.3 is 10.2 Å². The lowest BCUT2D eigenvalue weighted by Crippen LogP contribution is -2.44. The lowest BCUT2D eigenvalue weighted by Gasteiger charge is -2.33. The van der Waals surface area contributed by atoms with E-state index in [-0.39, 0.29) is 16.6 Å². The molecule has 21 heavy (non-hydrogen) atoms. The minimum atomic E-state index is -3.96. The van der Waals surface area contributed by atoms with Crippen molar-refractivity contribution in [2.75, 3.05) is 25.0 Å². The van der Waals surface area contributed by atoms with E-state index in [4.69, 9.17) is 5.14 Å². The van der Waals surface area contributed by atoms with Gasteiger partial charge in [0, 0.05) is 25.7 Å². The van der Waals surface area contributed by atoms with Gasteiger partial charge in [-0.1, -0.05) is 0 Å². The van der Waals surface area contributed by atoms with Crippen LogP contribution in [0.15, 0.2) is 23.1 Å². The maximum Gasteiger partial charge on any atom is 0.293 e. The van der Waals surface area contributed by atoms with Gasteiger partial charge in [-0.3, -0.25) is 10.1 Å². The Balaban J connectivity index is 2.40. The summed E-state index contributed by atoms with van der Waals surface area (Å²) in [7, 11) is -2.19. The Morgan fingerprint density at radius 2 is 2.19 bits per heavy atom. The van der Waals surface area contributed by atoms with Crippen LogP contribution in [-0.2, 0) is 10.0 Å². The van der Waals surface area contributed by atoms with Crippen LogP contribution >= 0.6 is 0 Å². The molecule has 116 valence electrons. The number of nitro groups is 1. The zero-order valence-corrected chi connectivity index (χ0v) is 12.5. The molecule has 3 N–H and O–H groups in total. The largest absolute Gasteiger partial charge is 0.365 e. The van der Waals surface area contributed by atoms with Gasteiger partial charge in [0.25, 0.3) is 5.69 Å². The van der Waals surface area contributed by atoms with E-state index < -0.39 is 14.9 Å². The number of nitrogens with one attached hydrogen (secondary N) is 1. The summed E-state index contributed by atoms with van der Waals surface area (Å²) in [5, 5.41) is 19.5. The SMILES string of the molecule is CN(c1ccc(S(N)(=O)=O)cc1[N+](=O)[O-])C1CCCNC1. The Morgan fingerprint density at radius 1 is 1.48 bits per heavy atom. The highest BCUT2D eigenvalue weighted by Crippen LogP contribution is 2.31. The molecule has 9 heteroatoms. The number of benzene rings is 1. The molecule has 1 saturated heterocycles. The second kappa shape index (κ2) is 5.96. The number of nitrogens with zero attached hydrogens (tertiary/aromatic N) is 2. The lowest BCUT2D eigenvalue weighted by atomic mass is 10.1. The third-order valence-electron chi connectivity index (χ3n) is 3.67. The Labute approximate surface area is 123 Å². The fourth-order valence-corrected chi connectivity index (χ4v) is 3.02. The first-order valence-corrected chi connectivity index (χ1v) is 8.10. The molecule has 1 aliphatic rings. The average Bonchev–Trinajstić information content (AvgIpc) is 2.45. The second-order valence-electron chi connectivity index (χ2n) is 5.06. The first-order chi connectivity index (χ1) is 9.80. The molecule has 1 unspecified atom stereocenters. The molecule has 1 atom stereocenters. The fourth-order valence-electron chi connectivity index (χ4n) is 2.49. The van der Waals surface area contributed by atoms with Gasteiger partial charge in [-0.25, -0.2) is 13.6 Å². The van der Waals surface area contributed by atoms with Crippen molar-refractivity contribution in [3.05, 3.63) is 28.3 Å². The van der Waals surface area contributed by atoms with Crippen LogP contribution in [0.2, 0.25) is 0 Å². The second-order valence-corrected chi connectivity index (χ2v) is 6.63. The first-order valence-electron chi connectivity index (χ1n) is 6.55. The van der Waals surface area contributed by atoms with Gasteiger partial charge in [0.05, 0.1) is 9.82 Å². The van der Waals surface area contributed by atoms with Crippen molar-refractivity contribution >= 4 is 21.4 Å². The number of rotatable bonds is 4. The molecule has 1 aromatic rings. The molecule has 0 spiro atoms. The molecule has 0 radical (unpaired) electrons. The Bertz CT molecular complexity index is 641. The summed E-state index contributed by atoms with van der Waals surface area (Å²) in [6.07, 6.45) is 1.93. The van der Waals surface area contributed by atoms with E-state index in [1.54, 1.807) is 7.05 Å². The summed E-state index contributed by atoms with van der Waals surface area (Å²) in [6, 6.07) is 3.88. The molecule has 0 aliphatic carbocycles. The number of anilines is 1. The molecule has 0 saturated carbocycles. The molecule has 8 nitrogen and oxygen atoms in total. The Hall–Kier alpha value is -1.71. The van der Waals surface area contributed by atoms with E-state index in [9.17, 15) is 18.5 Å². The Morgan fingerprint density at radius 3 is 2.71 bits per heavy atom. The highest BCUT2D eigenvalue weighted by molar-refractivity contribution is 7.89. The van der Waals surface area contributed by atoms with Gasteiger partial charge in [-0.05, 0) is 31.5 Å². The summed E-state index contributed by atoms with van der Waals surface area (Å²) >= 11 is 0. The highest BCUT2D eigenvalue weighted by atomic mass is 32.2. The van der Waals surface area contributed by atoms with E-state index in [1.807, 2.05) is 4.90 Å². The van der Waals surface area contributed by atoms with Gasteiger partial charge in [0.15, 0.2) is 0 Å². The van der Waals surface area contributed by atoms with Gasteiger partial charge in [-0.15, -0.1) is 0 Å².